The molecule has 6 heteroatoms. The molecule has 1 amide bonds. The van der Waals surface area contributed by atoms with Crippen molar-refractivity contribution in [2.75, 3.05) is 25.5 Å². The van der Waals surface area contributed by atoms with E-state index in [0.717, 1.165) is 22.3 Å². The lowest BCUT2D eigenvalue weighted by atomic mass is 10.1. The van der Waals surface area contributed by atoms with Crippen LogP contribution in [0.3, 0.4) is 0 Å². The van der Waals surface area contributed by atoms with Gasteiger partial charge in [-0.05, 0) is 55.2 Å². The lowest BCUT2D eigenvalue weighted by Gasteiger charge is -2.37. The number of rotatable bonds is 5. The highest BCUT2D eigenvalue weighted by Gasteiger charge is 2.24. The molecule has 0 bridgehead atoms. The monoisotopic (exact) mass is 438 g/mol. The average molecular weight is 440 g/mol. The van der Waals surface area contributed by atoms with Gasteiger partial charge in [-0.3, -0.25) is 4.79 Å². The van der Waals surface area contributed by atoms with Gasteiger partial charge in [0.15, 0.2) is 0 Å². The van der Waals surface area contributed by atoms with Crippen LogP contribution in [-0.2, 0) is 11.3 Å². The molecule has 0 unspecified atom stereocenters. The van der Waals surface area contributed by atoms with E-state index in [1.165, 1.54) is 44.0 Å². The molecule has 28 heavy (non-hydrogen) atoms. The Morgan fingerprint density at radius 1 is 1.04 bits per heavy atom. The van der Waals surface area contributed by atoms with Gasteiger partial charge in [-0.15, -0.1) is 0 Å². The SMILES string of the molecule is C[N+]1(Cc2ccc(NC(=O)C=Cc3ccc(Cl)c(Cl)c3)cc2)CCCCC1.[Cl-]. The number of benzene rings is 2. The summed E-state index contributed by atoms with van der Waals surface area (Å²) in [6.45, 7) is 3.54. The zero-order chi connectivity index (χ0) is 19.3. The quantitative estimate of drug-likeness (QED) is 0.563. The third kappa shape index (κ3) is 6.52. The summed E-state index contributed by atoms with van der Waals surface area (Å²) in [4.78, 5) is 12.1. The van der Waals surface area contributed by atoms with Crippen LogP contribution >= 0.6 is 23.2 Å². The Morgan fingerprint density at radius 3 is 2.36 bits per heavy atom. The molecular formula is C22H25Cl3N2O. The van der Waals surface area contributed by atoms with Crippen LogP contribution in [0.5, 0.6) is 0 Å². The molecule has 1 saturated heterocycles. The molecule has 1 aliphatic rings. The van der Waals surface area contributed by atoms with Gasteiger partial charge in [0, 0.05) is 17.3 Å². The van der Waals surface area contributed by atoms with Crippen molar-refractivity contribution in [3.63, 3.8) is 0 Å². The van der Waals surface area contributed by atoms with E-state index >= 15 is 0 Å². The second-order valence-corrected chi connectivity index (χ2v) is 8.29. The number of carbonyl (C=O) groups is 1. The van der Waals surface area contributed by atoms with Crippen molar-refractivity contribution in [1.82, 2.24) is 0 Å². The van der Waals surface area contributed by atoms with Gasteiger partial charge < -0.3 is 22.2 Å². The maximum atomic E-state index is 12.1. The van der Waals surface area contributed by atoms with Crippen LogP contribution < -0.4 is 17.7 Å². The molecule has 1 fully saturated rings. The minimum atomic E-state index is -0.177. The minimum Gasteiger partial charge on any atom is -1.00 e. The van der Waals surface area contributed by atoms with Crippen molar-refractivity contribution in [2.45, 2.75) is 25.8 Å². The highest BCUT2D eigenvalue weighted by Crippen LogP contribution is 2.23. The molecule has 0 radical (unpaired) electrons. The maximum absolute atomic E-state index is 12.1. The molecule has 0 spiro atoms. The Hall–Kier alpha value is -1.52. The molecule has 1 heterocycles. The maximum Gasteiger partial charge on any atom is 0.248 e. The molecule has 0 aliphatic carbocycles. The van der Waals surface area contributed by atoms with E-state index in [1.807, 2.05) is 18.2 Å². The number of hydrogen-bond acceptors (Lipinski definition) is 1. The Kier molecular flexibility index (Phi) is 8.38. The summed E-state index contributed by atoms with van der Waals surface area (Å²) in [5, 5.41) is 3.86. The van der Waals surface area contributed by atoms with Gasteiger partial charge in [-0.25, -0.2) is 0 Å². The Balaban J connectivity index is 0.00000280. The number of halogens is 3. The minimum absolute atomic E-state index is 0. The highest BCUT2D eigenvalue weighted by molar-refractivity contribution is 6.42. The summed E-state index contributed by atoms with van der Waals surface area (Å²) in [7, 11) is 2.34. The number of nitrogens with one attached hydrogen (secondary N) is 1. The summed E-state index contributed by atoms with van der Waals surface area (Å²) in [6, 6.07) is 13.4. The number of piperidine rings is 1. The second kappa shape index (κ2) is 10.3. The molecule has 0 aromatic heterocycles. The van der Waals surface area contributed by atoms with Crippen molar-refractivity contribution in [3.05, 3.63) is 69.7 Å². The summed E-state index contributed by atoms with van der Waals surface area (Å²) in [6.07, 6.45) is 7.20. The van der Waals surface area contributed by atoms with Crippen LogP contribution in [0.2, 0.25) is 10.0 Å². The smallest absolute Gasteiger partial charge is 0.248 e. The van der Waals surface area contributed by atoms with Gasteiger partial charge in [0.05, 0.1) is 30.2 Å². The summed E-state index contributed by atoms with van der Waals surface area (Å²) < 4.78 is 1.11. The zero-order valence-electron chi connectivity index (χ0n) is 15.9. The Morgan fingerprint density at radius 2 is 1.71 bits per heavy atom. The molecule has 0 atom stereocenters. The van der Waals surface area contributed by atoms with Crippen molar-refractivity contribution >= 4 is 40.9 Å². The lowest BCUT2D eigenvalue weighted by molar-refractivity contribution is -0.926. The summed E-state index contributed by atoms with van der Waals surface area (Å²) in [5.41, 5.74) is 2.93. The van der Waals surface area contributed by atoms with E-state index in [2.05, 4.69) is 24.5 Å². The molecular weight excluding hydrogens is 415 g/mol. The largest absolute Gasteiger partial charge is 1.00 e. The number of amides is 1. The van der Waals surface area contributed by atoms with Crippen LogP contribution in [-0.4, -0.2) is 30.5 Å². The van der Waals surface area contributed by atoms with Gasteiger partial charge >= 0.3 is 0 Å². The number of anilines is 1. The summed E-state index contributed by atoms with van der Waals surface area (Å²) >= 11 is 11.9. The van der Waals surface area contributed by atoms with Crippen molar-refractivity contribution in [2.24, 2.45) is 0 Å². The highest BCUT2D eigenvalue weighted by atomic mass is 35.5. The van der Waals surface area contributed by atoms with E-state index in [-0.39, 0.29) is 18.3 Å². The Bertz CT molecular complexity index is 828. The van der Waals surface area contributed by atoms with Crippen LogP contribution in [0.1, 0.15) is 30.4 Å². The average Bonchev–Trinajstić information content (AvgIpc) is 2.65. The van der Waals surface area contributed by atoms with E-state index in [1.54, 1.807) is 18.2 Å². The predicted octanol–water partition coefficient (Wildman–Crippen LogP) is 2.78. The van der Waals surface area contributed by atoms with E-state index in [9.17, 15) is 4.79 Å². The van der Waals surface area contributed by atoms with Crippen molar-refractivity contribution in [3.8, 4) is 0 Å². The molecule has 2 aromatic carbocycles. The first-order valence-electron chi connectivity index (χ1n) is 9.30. The second-order valence-electron chi connectivity index (χ2n) is 7.48. The lowest BCUT2D eigenvalue weighted by Crippen LogP contribution is -3.00. The first kappa shape index (κ1) is 22.8. The van der Waals surface area contributed by atoms with Crippen molar-refractivity contribution in [1.29, 1.82) is 0 Å². The standard InChI is InChI=1S/C22H24Cl2N2O.ClH/c1-26(13-3-2-4-14-26)16-18-5-9-19(10-6-18)25-22(27)12-8-17-7-11-20(23)21(24)15-17;/h5-12,15H,2-4,13-14,16H2,1H3;1H. The third-order valence-corrected chi connectivity index (χ3v) is 5.79. The first-order chi connectivity index (χ1) is 12.9. The fourth-order valence-corrected chi connectivity index (χ4v) is 3.85. The fraction of sp³-hybridized carbons (Fsp3) is 0.318. The van der Waals surface area contributed by atoms with Crippen LogP contribution in [0, 0.1) is 0 Å². The summed E-state index contributed by atoms with van der Waals surface area (Å²) in [5.74, 6) is -0.177. The number of hydrogen-bond donors (Lipinski definition) is 1. The van der Waals surface area contributed by atoms with Crippen molar-refractivity contribution < 1.29 is 21.7 Å². The first-order valence-corrected chi connectivity index (χ1v) is 10.1. The molecule has 1 aliphatic heterocycles. The third-order valence-electron chi connectivity index (χ3n) is 5.05. The number of likely N-dealkylation sites (tertiary alicyclic amines) is 1. The van der Waals surface area contributed by atoms with Crippen LogP contribution in [0.15, 0.2) is 48.5 Å². The van der Waals surface area contributed by atoms with Crippen LogP contribution in [0.4, 0.5) is 5.69 Å². The topological polar surface area (TPSA) is 29.1 Å². The van der Waals surface area contributed by atoms with E-state index < -0.39 is 0 Å². The molecule has 150 valence electrons. The zero-order valence-corrected chi connectivity index (χ0v) is 18.2. The van der Waals surface area contributed by atoms with Gasteiger partial charge in [0.2, 0.25) is 5.91 Å². The van der Waals surface area contributed by atoms with E-state index in [0.29, 0.717) is 10.0 Å². The molecule has 3 nitrogen and oxygen atoms in total. The predicted molar refractivity (Wildman–Crippen MR) is 114 cm³/mol. The number of nitrogens with zero attached hydrogens (tertiary/aromatic N) is 1. The number of quaternary nitrogens is 1. The van der Waals surface area contributed by atoms with Gasteiger partial charge in [-0.1, -0.05) is 41.4 Å². The van der Waals surface area contributed by atoms with Gasteiger partial charge in [0.1, 0.15) is 6.54 Å². The fourth-order valence-electron chi connectivity index (χ4n) is 3.54. The normalized spacial score (nSPS) is 15.8. The number of carbonyl (C=O) groups excluding carboxylic acids is 1. The van der Waals surface area contributed by atoms with Crippen LogP contribution in [0.25, 0.3) is 6.08 Å². The van der Waals surface area contributed by atoms with E-state index in [4.69, 9.17) is 23.2 Å². The Labute approximate surface area is 183 Å². The molecule has 3 rings (SSSR count). The van der Waals surface area contributed by atoms with Gasteiger partial charge in [0.25, 0.3) is 0 Å². The van der Waals surface area contributed by atoms with Gasteiger partial charge in [-0.2, -0.15) is 0 Å². The molecule has 2 aromatic rings. The molecule has 1 N–H and O–H groups in total. The molecule has 0 saturated carbocycles.